The first-order chi connectivity index (χ1) is 34.0. The summed E-state index contributed by atoms with van der Waals surface area (Å²) in [7, 11) is 0. The fraction of sp³-hybridized carbons (Fsp3) is 0.730. The summed E-state index contributed by atoms with van der Waals surface area (Å²) in [5.41, 5.74) is 0. The lowest BCUT2D eigenvalue weighted by Gasteiger charge is -2.18. The van der Waals surface area contributed by atoms with E-state index in [-0.39, 0.29) is 31.1 Å². The van der Waals surface area contributed by atoms with E-state index in [1.807, 2.05) is 0 Å². The molecule has 0 aliphatic carbocycles. The molecule has 0 spiro atoms. The predicted molar refractivity (Wildman–Crippen MR) is 297 cm³/mol. The van der Waals surface area contributed by atoms with Crippen molar-refractivity contribution in [3.05, 3.63) is 85.1 Å². The third kappa shape index (κ3) is 55.4. The molecule has 0 bridgehead atoms. The van der Waals surface area contributed by atoms with E-state index in [2.05, 4.69) is 106 Å². The van der Waals surface area contributed by atoms with E-state index in [1.165, 1.54) is 128 Å². The zero-order valence-electron chi connectivity index (χ0n) is 45.3. The maximum Gasteiger partial charge on any atom is 0.306 e. The molecule has 1 unspecified atom stereocenters. The van der Waals surface area contributed by atoms with Gasteiger partial charge in [0.15, 0.2) is 6.10 Å². The summed E-state index contributed by atoms with van der Waals surface area (Å²) in [6.07, 6.45) is 74.2. The molecule has 0 saturated heterocycles. The van der Waals surface area contributed by atoms with Gasteiger partial charge < -0.3 is 14.2 Å². The van der Waals surface area contributed by atoms with Gasteiger partial charge in [0, 0.05) is 19.3 Å². The van der Waals surface area contributed by atoms with Crippen molar-refractivity contribution in [3.63, 3.8) is 0 Å². The van der Waals surface area contributed by atoms with Crippen molar-refractivity contribution in [1.82, 2.24) is 0 Å². The van der Waals surface area contributed by atoms with Gasteiger partial charge in [0.2, 0.25) is 0 Å². The van der Waals surface area contributed by atoms with E-state index in [1.54, 1.807) is 0 Å². The van der Waals surface area contributed by atoms with Crippen LogP contribution in [0.15, 0.2) is 85.1 Å². The number of hydrogen-bond acceptors (Lipinski definition) is 6. The van der Waals surface area contributed by atoms with Crippen LogP contribution < -0.4 is 0 Å². The molecule has 0 aliphatic heterocycles. The van der Waals surface area contributed by atoms with Crippen LogP contribution in [0.5, 0.6) is 0 Å². The molecule has 0 aromatic carbocycles. The fourth-order valence-corrected chi connectivity index (χ4v) is 7.99. The summed E-state index contributed by atoms with van der Waals surface area (Å²) >= 11 is 0. The van der Waals surface area contributed by atoms with Gasteiger partial charge >= 0.3 is 17.9 Å². The SMILES string of the molecule is CC/C=C\C/C=C\C/C=C\C/C=C\CCCCCCC(=O)OCC(COC(=O)CCCCCCCCC/C=C\CCCCCCCC)OC(=O)CCCCCCCCC/C=C\C/C=C\CCCCC. The highest BCUT2D eigenvalue weighted by molar-refractivity contribution is 5.71. The van der Waals surface area contributed by atoms with Gasteiger partial charge in [-0.15, -0.1) is 0 Å². The Balaban J connectivity index is 4.44. The van der Waals surface area contributed by atoms with Crippen molar-refractivity contribution in [2.75, 3.05) is 13.2 Å². The summed E-state index contributed by atoms with van der Waals surface area (Å²) < 4.78 is 16.9. The average Bonchev–Trinajstić information content (AvgIpc) is 3.35. The van der Waals surface area contributed by atoms with E-state index in [4.69, 9.17) is 14.2 Å². The molecule has 6 heteroatoms. The molecule has 0 aromatic rings. The van der Waals surface area contributed by atoms with E-state index < -0.39 is 6.10 Å². The molecule has 0 radical (unpaired) electrons. The quantitative estimate of drug-likeness (QED) is 0.0262. The van der Waals surface area contributed by atoms with Crippen molar-refractivity contribution < 1.29 is 28.6 Å². The summed E-state index contributed by atoms with van der Waals surface area (Å²) in [5.74, 6) is -0.920. The third-order valence-electron chi connectivity index (χ3n) is 12.4. The fourth-order valence-electron chi connectivity index (χ4n) is 7.99. The Morgan fingerprint density at radius 2 is 0.565 bits per heavy atom. The Labute approximate surface area is 426 Å². The Morgan fingerprint density at radius 1 is 0.304 bits per heavy atom. The second kappa shape index (κ2) is 57.2. The number of ether oxygens (including phenoxy) is 3. The lowest BCUT2D eigenvalue weighted by atomic mass is 10.1. The van der Waals surface area contributed by atoms with Crippen LogP contribution in [-0.4, -0.2) is 37.2 Å². The van der Waals surface area contributed by atoms with Gasteiger partial charge in [-0.05, 0) is 116 Å². The minimum Gasteiger partial charge on any atom is -0.462 e. The molecule has 0 amide bonds. The van der Waals surface area contributed by atoms with E-state index in [9.17, 15) is 14.4 Å². The molecule has 6 nitrogen and oxygen atoms in total. The van der Waals surface area contributed by atoms with Gasteiger partial charge in [-0.2, -0.15) is 0 Å². The normalized spacial score (nSPS) is 12.7. The Kier molecular flexibility index (Phi) is 54.3. The predicted octanol–water partition coefficient (Wildman–Crippen LogP) is 19.5. The second-order valence-electron chi connectivity index (χ2n) is 19.2. The van der Waals surface area contributed by atoms with Crippen LogP contribution >= 0.6 is 0 Å². The molecule has 0 rings (SSSR count). The first kappa shape index (κ1) is 65.6. The maximum atomic E-state index is 12.9. The lowest BCUT2D eigenvalue weighted by molar-refractivity contribution is -0.167. The molecule has 0 saturated carbocycles. The number of carbonyl (C=O) groups excluding carboxylic acids is 3. The van der Waals surface area contributed by atoms with Crippen molar-refractivity contribution in [2.45, 2.75) is 284 Å². The highest BCUT2D eigenvalue weighted by Gasteiger charge is 2.19. The topological polar surface area (TPSA) is 78.9 Å². The van der Waals surface area contributed by atoms with Crippen LogP contribution in [0.2, 0.25) is 0 Å². The van der Waals surface area contributed by atoms with E-state index >= 15 is 0 Å². The Hall–Kier alpha value is -3.41. The maximum absolute atomic E-state index is 12.9. The zero-order chi connectivity index (χ0) is 50.0. The Bertz CT molecular complexity index is 1330. The van der Waals surface area contributed by atoms with Crippen molar-refractivity contribution in [1.29, 1.82) is 0 Å². The van der Waals surface area contributed by atoms with E-state index in [0.29, 0.717) is 19.3 Å². The zero-order valence-corrected chi connectivity index (χ0v) is 45.3. The first-order valence-electron chi connectivity index (χ1n) is 29.1. The highest BCUT2D eigenvalue weighted by Crippen LogP contribution is 2.15. The molecular weight excluding hydrogens is 853 g/mol. The summed E-state index contributed by atoms with van der Waals surface area (Å²) in [6, 6.07) is 0. The molecule has 0 N–H and O–H groups in total. The summed E-state index contributed by atoms with van der Waals surface area (Å²) in [5, 5.41) is 0. The van der Waals surface area contributed by atoms with Crippen LogP contribution in [0.25, 0.3) is 0 Å². The number of carbonyl (C=O) groups is 3. The highest BCUT2D eigenvalue weighted by atomic mass is 16.6. The molecule has 0 fully saturated rings. The van der Waals surface area contributed by atoms with Crippen LogP contribution in [0, 0.1) is 0 Å². The number of allylic oxidation sites excluding steroid dienone is 14. The Morgan fingerprint density at radius 3 is 0.928 bits per heavy atom. The number of esters is 3. The standard InChI is InChI=1S/C63H108O6/c1-4-7-10-13-16-19-22-25-28-31-34-37-40-43-46-49-52-55-61(64)67-58-60(69-63(66)57-54-51-48-45-42-39-36-33-30-27-24-21-18-15-12-9-6-3)59-68-62(65)56-53-50-47-44-41-38-35-32-29-26-23-20-17-14-11-8-5-2/h7,10,16,18-19,21,25-30,34,37,60H,4-6,8-9,11-15,17,20,22-24,31-33,35-36,38-59H2,1-3H3/b10-7-,19-16-,21-18-,28-25-,29-26-,30-27-,37-34-. The minimum absolute atomic E-state index is 0.0898. The molecule has 0 aromatic heterocycles. The van der Waals surface area contributed by atoms with Crippen molar-refractivity contribution >= 4 is 17.9 Å². The second-order valence-corrected chi connectivity index (χ2v) is 19.2. The van der Waals surface area contributed by atoms with Crippen LogP contribution in [-0.2, 0) is 28.6 Å². The van der Waals surface area contributed by atoms with Gasteiger partial charge in [-0.1, -0.05) is 228 Å². The number of unbranched alkanes of at least 4 members (excludes halogenated alkanes) is 27. The monoisotopic (exact) mass is 961 g/mol. The van der Waals surface area contributed by atoms with Crippen molar-refractivity contribution in [2.24, 2.45) is 0 Å². The molecule has 1 atom stereocenters. The molecule has 69 heavy (non-hydrogen) atoms. The van der Waals surface area contributed by atoms with Gasteiger partial charge in [-0.3, -0.25) is 14.4 Å². The van der Waals surface area contributed by atoms with Crippen LogP contribution in [0.4, 0.5) is 0 Å². The van der Waals surface area contributed by atoms with E-state index in [0.717, 1.165) is 109 Å². The summed E-state index contributed by atoms with van der Waals surface area (Å²) in [6.45, 7) is 6.48. The van der Waals surface area contributed by atoms with Crippen LogP contribution in [0.1, 0.15) is 278 Å². The van der Waals surface area contributed by atoms with Crippen LogP contribution in [0.3, 0.4) is 0 Å². The molecule has 0 heterocycles. The number of rotatable bonds is 52. The molecule has 396 valence electrons. The van der Waals surface area contributed by atoms with Gasteiger partial charge in [0.25, 0.3) is 0 Å². The number of hydrogen-bond donors (Lipinski definition) is 0. The van der Waals surface area contributed by atoms with Gasteiger partial charge in [0.05, 0.1) is 0 Å². The third-order valence-corrected chi connectivity index (χ3v) is 12.4. The smallest absolute Gasteiger partial charge is 0.306 e. The minimum atomic E-state index is -0.794. The lowest BCUT2D eigenvalue weighted by Crippen LogP contribution is -2.30. The first-order valence-corrected chi connectivity index (χ1v) is 29.1. The average molecular weight is 962 g/mol. The van der Waals surface area contributed by atoms with Gasteiger partial charge in [0.1, 0.15) is 13.2 Å². The molecule has 0 aliphatic rings. The largest absolute Gasteiger partial charge is 0.462 e. The van der Waals surface area contributed by atoms with Gasteiger partial charge in [-0.25, -0.2) is 0 Å². The van der Waals surface area contributed by atoms with Crippen molar-refractivity contribution in [3.8, 4) is 0 Å². The summed E-state index contributed by atoms with van der Waals surface area (Å²) in [4.78, 5) is 38.2. The molecular formula is C63H108O6.